The van der Waals surface area contributed by atoms with Gasteiger partial charge >= 0.3 is 0 Å². The molecule has 0 radical (unpaired) electrons. The van der Waals surface area contributed by atoms with E-state index in [2.05, 4.69) is 15.9 Å². The zero-order valence-electron chi connectivity index (χ0n) is 13.5. The van der Waals surface area contributed by atoms with Gasteiger partial charge in [-0.2, -0.15) is 0 Å². The second kappa shape index (κ2) is 7.55. The summed E-state index contributed by atoms with van der Waals surface area (Å²) in [6, 6.07) is 10.3. The van der Waals surface area contributed by atoms with E-state index in [0.717, 1.165) is 41.5 Å². The Balaban J connectivity index is 1.87. The average molecular weight is 393 g/mol. The van der Waals surface area contributed by atoms with Crippen LogP contribution >= 0.6 is 15.9 Å². The highest BCUT2D eigenvalue weighted by Crippen LogP contribution is 2.35. The molecular formula is C19H21BrO4. The number of hydrogen-bond acceptors (Lipinski definition) is 4. The molecule has 2 aromatic rings. The van der Waals surface area contributed by atoms with Crippen LogP contribution in [0.1, 0.15) is 42.1 Å². The third-order valence-electron chi connectivity index (χ3n) is 4.17. The van der Waals surface area contributed by atoms with Crippen molar-refractivity contribution in [3.05, 3.63) is 57.6 Å². The number of ether oxygens (including phenoxy) is 2. The molecule has 128 valence electrons. The summed E-state index contributed by atoms with van der Waals surface area (Å²) in [5.41, 5.74) is 2.42. The van der Waals surface area contributed by atoms with Crippen LogP contribution in [-0.2, 0) is 4.74 Å². The van der Waals surface area contributed by atoms with E-state index in [1.165, 1.54) is 0 Å². The van der Waals surface area contributed by atoms with Crippen molar-refractivity contribution in [1.29, 1.82) is 0 Å². The smallest absolute Gasteiger partial charge is 0.199 e. The molecule has 2 aromatic carbocycles. The second-order valence-corrected chi connectivity index (χ2v) is 6.84. The Morgan fingerprint density at radius 1 is 1.21 bits per heavy atom. The van der Waals surface area contributed by atoms with Crippen molar-refractivity contribution in [3.63, 3.8) is 0 Å². The third-order valence-corrected chi connectivity index (χ3v) is 5.25. The molecule has 0 spiro atoms. The molecule has 5 heteroatoms. The van der Waals surface area contributed by atoms with Gasteiger partial charge in [-0.25, -0.2) is 0 Å². The SMILES string of the molecule is Cc1cc(OC2CCCCO2)cc(C(O)c2ccc(O)cc2)c1Br. The number of aliphatic hydroxyl groups excluding tert-OH is 1. The van der Waals surface area contributed by atoms with Crippen molar-refractivity contribution in [2.24, 2.45) is 0 Å². The summed E-state index contributed by atoms with van der Waals surface area (Å²) in [4.78, 5) is 0. The molecule has 0 aliphatic carbocycles. The van der Waals surface area contributed by atoms with Crippen LogP contribution in [0.3, 0.4) is 0 Å². The van der Waals surface area contributed by atoms with E-state index in [0.29, 0.717) is 11.3 Å². The minimum atomic E-state index is -0.811. The Morgan fingerprint density at radius 3 is 2.62 bits per heavy atom. The number of aromatic hydroxyl groups is 1. The fourth-order valence-electron chi connectivity index (χ4n) is 2.82. The lowest BCUT2D eigenvalue weighted by Crippen LogP contribution is -2.25. The number of phenolic OH excluding ortho intramolecular Hbond substituents is 1. The van der Waals surface area contributed by atoms with Gasteiger partial charge in [0.1, 0.15) is 17.6 Å². The van der Waals surface area contributed by atoms with Crippen LogP contribution in [-0.4, -0.2) is 23.1 Å². The van der Waals surface area contributed by atoms with Crippen molar-refractivity contribution in [3.8, 4) is 11.5 Å². The highest BCUT2D eigenvalue weighted by Gasteiger charge is 2.20. The standard InChI is InChI=1S/C19H21BrO4/c1-12-10-15(24-17-4-2-3-9-23-17)11-16(18(12)20)19(22)13-5-7-14(21)8-6-13/h5-8,10-11,17,19,21-22H,2-4,9H2,1H3. The minimum Gasteiger partial charge on any atom is -0.508 e. The number of aryl methyl sites for hydroxylation is 1. The van der Waals surface area contributed by atoms with Crippen molar-refractivity contribution >= 4 is 15.9 Å². The van der Waals surface area contributed by atoms with Gasteiger partial charge in [0.15, 0.2) is 6.29 Å². The molecule has 2 atom stereocenters. The first-order valence-electron chi connectivity index (χ1n) is 8.10. The summed E-state index contributed by atoms with van der Waals surface area (Å²) >= 11 is 3.56. The second-order valence-electron chi connectivity index (χ2n) is 6.05. The fraction of sp³-hybridized carbons (Fsp3) is 0.368. The van der Waals surface area contributed by atoms with Crippen LogP contribution in [0.4, 0.5) is 0 Å². The van der Waals surface area contributed by atoms with Crippen molar-refractivity contribution in [1.82, 2.24) is 0 Å². The van der Waals surface area contributed by atoms with E-state index >= 15 is 0 Å². The average Bonchev–Trinajstić information content (AvgIpc) is 2.59. The van der Waals surface area contributed by atoms with Crippen LogP contribution in [0.15, 0.2) is 40.9 Å². The summed E-state index contributed by atoms with van der Waals surface area (Å²) in [6.07, 6.45) is 2.02. The Bertz CT molecular complexity index is 693. The van der Waals surface area contributed by atoms with Gasteiger partial charge in [0.05, 0.1) is 6.61 Å². The molecule has 0 amide bonds. The Hall–Kier alpha value is -1.56. The van der Waals surface area contributed by atoms with E-state index in [1.54, 1.807) is 24.3 Å². The molecule has 1 heterocycles. The fourth-order valence-corrected chi connectivity index (χ4v) is 3.27. The van der Waals surface area contributed by atoms with Crippen molar-refractivity contribution in [2.75, 3.05) is 6.61 Å². The monoisotopic (exact) mass is 392 g/mol. The molecule has 0 bridgehead atoms. The molecule has 1 fully saturated rings. The lowest BCUT2D eigenvalue weighted by molar-refractivity contribution is -0.106. The normalized spacial score (nSPS) is 19.0. The zero-order chi connectivity index (χ0) is 17.1. The lowest BCUT2D eigenvalue weighted by atomic mass is 9.99. The predicted molar refractivity (Wildman–Crippen MR) is 95.3 cm³/mol. The number of aliphatic hydroxyl groups is 1. The van der Waals surface area contributed by atoms with Gasteiger partial charge in [0.25, 0.3) is 0 Å². The maximum Gasteiger partial charge on any atom is 0.199 e. The zero-order valence-corrected chi connectivity index (χ0v) is 15.1. The Morgan fingerprint density at radius 2 is 1.96 bits per heavy atom. The Kier molecular flexibility index (Phi) is 5.43. The van der Waals surface area contributed by atoms with Gasteiger partial charge in [0.2, 0.25) is 0 Å². The van der Waals surface area contributed by atoms with Crippen molar-refractivity contribution < 1.29 is 19.7 Å². The molecule has 24 heavy (non-hydrogen) atoms. The van der Waals surface area contributed by atoms with Gasteiger partial charge in [0, 0.05) is 16.5 Å². The Labute approximate surface area is 150 Å². The quantitative estimate of drug-likeness (QED) is 0.806. The third kappa shape index (κ3) is 3.91. The molecule has 0 saturated carbocycles. The van der Waals surface area contributed by atoms with Gasteiger partial charge < -0.3 is 19.7 Å². The number of halogens is 1. The molecule has 2 unspecified atom stereocenters. The summed E-state index contributed by atoms with van der Waals surface area (Å²) in [7, 11) is 0. The first-order valence-corrected chi connectivity index (χ1v) is 8.89. The number of phenols is 1. The molecule has 2 N–H and O–H groups in total. The first kappa shape index (κ1) is 17.3. The summed E-state index contributed by atoms with van der Waals surface area (Å²) in [5.74, 6) is 0.864. The number of hydrogen-bond donors (Lipinski definition) is 2. The maximum absolute atomic E-state index is 10.7. The van der Waals surface area contributed by atoms with E-state index in [9.17, 15) is 10.2 Å². The first-order chi connectivity index (χ1) is 11.5. The summed E-state index contributed by atoms with van der Waals surface area (Å²) in [6.45, 7) is 2.69. The topological polar surface area (TPSA) is 58.9 Å². The molecule has 1 aliphatic heterocycles. The van der Waals surface area contributed by atoms with Crippen molar-refractivity contribution in [2.45, 2.75) is 38.6 Å². The van der Waals surface area contributed by atoms with Gasteiger partial charge in [-0.1, -0.05) is 28.1 Å². The van der Waals surface area contributed by atoms with Crippen LogP contribution in [0.5, 0.6) is 11.5 Å². The predicted octanol–water partition coefficient (Wildman–Crippen LogP) is 4.45. The molecule has 1 aliphatic rings. The molecule has 3 rings (SSSR count). The highest BCUT2D eigenvalue weighted by atomic mass is 79.9. The molecule has 1 saturated heterocycles. The van der Waals surface area contributed by atoms with Crippen LogP contribution < -0.4 is 4.74 Å². The van der Waals surface area contributed by atoms with Crippen LogP contribution in [0.2, 0.25) is 0 Å². The maximum atomic E-state index is 10.7. The van der Waals surface area contributed by atoms with E-state index in [1.807, 2.05) is 19.1 Å². The minimum absolute atomic E-state index is 0.174. The summed E-state index contributed by atoms with van der Waals surface area (Å²) < 4.78 is 12.4. The largest absolute Gasteiger partial charge is 0.508 e. The van der Waals surface area contributed by atoms with Gasteiger partial charge in [-0.15, -0.1) is 0 Å². The van der Waals surface area contributed by atoms with Crippen LogP contribution in [0.25, 0.3) is 0 Å². The van der Waals surface area contributed by atoms with E-state index < -0.39 is 6.10 Å². The number of rotatable bonds is 4. The van der Waals surface area contributed by atoms with E-state index in [4.69, 9.17) is 9.47 Å². The molecule has 0 aromatic heterocycles. The molecular weight excluding hydrogens is 372 g/mol. The highest BCUT2D eigenvalue weighted by molar-refractivity contribution is 9.10. The molecule has 4 nitrogen and oxygen atoms in total. The van der Waals surface area contributed by atoms with Gasteiger partial charge in [-0.3, -0.25) is 0 Å². The number of benzene rings is 2. The van der Waals surface area contributed by atoms with E-state index in [-0.39, 0.29) is 12.0 Å². The van der Waals surface area contributed by atoms with Crippen LogP contribution in [0, 0.1) is 6.92 Å². The summed E-state index contributed by atoms with van der Waals surface area (Å²) in [5, 5.41) is 20.1. The van der Waals surface area contributed by atoms with Gasteiger partial charge in [-0.05, 0) is 55.2 Å². The lowest BCUT2D eigenvalue weighted by Gasteiger charge is -2.24.